The number of rotatable bonds is 5. The van der Waals surface area contributed by atoms with Crippen LogP contribution >= 0.6 is 0 Å². The van der Waals surface area contributed by atoms with Crippen molar-refractivity contribution in [3.63, 3.8) is 0 Å². The third kappa shape index (κ3) is 4.57. The minimum Gasteiger partial charge on any atom is -0.311 e. The number of nitrogens with zero attached hydrogens (tertiary/aromatic N) is 5. The van der Waals surface area contributed by atoms with Gasteiger partial charge in [-0.05, 0) is 60.7 Å². The van der Waals surface area contributed by atoms with E-state index >= 15 is 0 Å². The van der Waals surface area contributed by atoms with Crippen LogP contribution in [-0.4, -0.2) is 19.1 Å². The highest BCUT2D eigenvalue weighted by Gasteiger charge is 2.30. The third-order valence-corrected chi connectivity index (χ3v) is 10.5. The highest BCUT2D eigenvalue weighted by atomic mass is 15.2. The average Bonchev–Trinajstić information content (AvgIpc) is 3.82. The van der Waals surface area contributed by atoms with E-state index in [0.29, 0.717) is 5.82 Å². The predicted octanol–water partition coefficient (Wildman–Crippen LogP) is 12.3. The van der Waals surface area contributed by atoms with E-state index in [4.69, 9.17) is 9.97 Å². The van der Waals surface area contributed by atoms with Crippen LogP contribution in [0, 0.1) is 0 Å². The van der Waals surface area contributed by atoms with Gasteiger partial charge in [0.25, 0.3) is 0 Å². The monoisotopic (exact) mass is 677 g/mol. The first-order valence-corrected chi connectivity index (χ1v) is 17.9. The van der Waals surface area contributed by atoms with Gasteiger partial charge in [-0.2, -0.15) is 0 Å². The minimum absolute atomic E-state index is 0.710. The smallest absolute Gasteiger partial charge is 0.160 e. The maximum absolute atomic E-state index is 5.10. The molecule has 4 heterocycles. The Kier molecular flexibility index (Phi) is 6.48. The molecule has 0 saturated heterocycles. The second-order valence-corrected chi connectivity index (χ2v) is 13.5. The Labute approximate surface area is 306 Å². The van der Waals surface area contributed by atoms with E-state index in [9.17, 15) is 0 Å². The molecule has 0 aliphatic carbocycles. The van der Waals surface area contributed by atoms with E-state index in [1.54, 1.807) is 0 Å². The van der Waals surface area contributed by atoms with Crippen LogP contribution in [0.5, 0.6) is 0 Å². The number of aromatic nitrogens is 4. The zero-order valence-corrected chi connectivity index (χ0v) is 28.6. The second kappa shape index (κ2) is 11.7. The van der Waals surface area contributed by atoms with Crippen molar-refractivity contribution in [2.24, 2.45) is 0 Å². The molecule has 53 heavy (non-hydrogen) atoms. The van der Waals surface area contributed by atoms with E-state index in [2.05, 4.69) is 178 Å². The molecule has 0 atom stereocenters. The third-order valence-electron chi connectivity index (χ3n) is 10.5. The van der Waals surface area contributed by atoms with Crippen LogP contribution in [0.25, 0.3) is 78.0 Å². The molecule has 1 aliphatic rings. The van der Waals surface area contributed by atoms with E-state index in [-0.39, 0.29) is 0 Å². The summed E-state index contributed by atoms with van der Waals surface area (Å²) in [5, 5.41) is 3.65. The molecule has 0 bridgehead atoms. The predicted molar refractivity (Wildman–Crippen MR) is 218 cm³/mol. The maximum Gasteiger partial charge on any atom is 0.160 e. The lowest BCUT2D eigenvalue weighted by Gasteiger charge is -2.33. The Morgan fingerprint density at radius 3 is 1.83 bits per heavy atom. The van der Waals surface area contributed by atoms with Crippen LogP contribution in [0.2, 0.25) is 0 Å². The van der Waals surface area contributed by atoms with Crippen molar-refractivity contribution in [3.8, 4) is 45.3 Å². The van der Waals surface area contributed by atoms with Crippen molar-refractivity contribution in [2.45, 2.75) is 0 Å². The number of fused-ring (bicyclic) bond motifs is 6. The first-order valence-electron chi connectivity index (χ1n) is 17.9. The van der Waals surface area contributed by atoms with Gasteiger partial charge in [-0.15, -0.1) is 0 Å². The molecule has 0 unspecified atom stereocenters. The Morgan fingerprint density at radius 1 is 0.415 bits per heavy atom. The van der Waals surface area contributed by atoms with Crippen LogP contribution < -0.4 is 4.90 Å². The average molecular weight is 678 g/mol. The molecule has 3 aromatic heterocycles. The quantitative estimate of drug-likeness (QED) is 0.182. The van der Waals surface area contributed by atoms with Gasteiger partial charge < -0.3 is 14.0 Å². The molecule has 10 aromatic rings. The number of benzene rings is 7. The lowest BCUT2D eigenvalue weighted by atomic mass is 10.0. The second-order valence-electron chi connectivity index (χ2n) is 13.5. The summed E-state index contributed by atoms with van der Waals surface area (Å²) in [5.74, 6) is 0.710. The number of para-hydroxylation sites is 3. The largest absolute Gasteiger partial charge is 0.311 e. The number of hydrogen-bond acceptors (Lipinski definition) is 3. The summed E-state index contributed by atoms with van der Waals surface area (Å²) in [6.45, 7) is 0. The molecule has 0 N–H and O–H groups in total. The molecule has 0 amide bonds. The van der Waals surface area contributed by atoms with Gasteiger partial charge in [-0.1, -0.05) is 121 Å². The topological polar surface area (TPSA) is 38.9 Å². The fourth-order valence-electron chi connectivity index (χ4n) is 8.09. The first-order chi connectivity index (χ1) is 26.3. The fourth-order valence-corrected chi connectivity index (χ4v) is 8.09. The van der Waals surface area contributed by atoms with Crippen molar-refractivity contribution in [2.75, 3.05) is 4.90 Å². The van der Waals surface area contributed by atoms with Crippen molar-refractivity contribution >= 4 is 49.8 Å². The Morgan fingerprint density at radius 2 is 1.08 bits per heavy atom. The minimum atomic E-state index is 0.710. The van der Waals surface area contributed by atoms with Crippen LogP contribution in [-0.2, 0) is 0 Å². The van der Waals surface area contributed by atoms with E-state index < -0.39 is 0 Å². The molecular weight excluding hydrogens is 647 g/mol. The van der Waals surface area contributed by atoms with Gasteiger partial charge in [-0.3, -0.25) is 0 Å². The highest BCUT2D eigenvalue weighted by molar-refractivity contribution is 6.16. The van der Waals surface area contributed by atoms with Crippen LogP contribution in [0.4, 0.5) is 17.1 Å². The van der Waals surface area contributed by atoms with Gasteiger partial charge in [0.15, 0.2) is 5.82 Å². The molecule has 11 rings (SSSR count). The van der Waals surface area contributed by atoms with Gasteiger partial charge in [0.05, 0.1) is 45.0 Å². The summed E-state index contributed by atoms with van der Waals surface area (Å²) >= 11 is 0. The van der Waals surface area contributed by atoms with Gasteiger partial charge >= 0.3 is 0 Å². The molecule has 5 nitrogen and oxygen atoms in total. The summed E-state index contributed by atoms with van der Waals surface area (Å²) in [7, 11) is 0. The van der Waals surface area contributed by atoms with Crippen LogP contribution in [0.1, 0.15) is 0 Å². The lowest BCUT2D eigenvalue weighted by molar-refractivity contribution is 1.07. The molecule has 0 radical (unpaired) electrons. The van der Waals surface area contributed by atoms with Crippen molar-refractivity contribution in [1.29, 1.82) is 0 Å². The first kappa shape index (κ1) is 29.5. The van der Waals surface area contributed by atoms with E-state index in [1.165, 1.54) is 32.9 Å². The van der Waals surface area contributed by atoms with E-state index in [0.717, 1.165) is 56.3 Å². The molecule has 7 aromatic carbocycles. The zero-order valence-electron chi connectivity index (χ0n) is 28.6. The number of anilines is 3. The normalized spacial score (nSPS) is 12.1. The Balaban J connectivity index is 1.13. The van der Waals surface area contributed by atoms with Crippen molar-refractivity contribution < 1.29 is 0 Å². The lowest BCUT2D eigenvalue weighted by Crippen LogP contribution is -2.18. The van der Waals surface area contributed by atoms with Gasteiger partial charge in [0.1, 0.15) is 0 Å². The van der Waals surface area contributed by atoms with Crippen molar-refractivity contribution in [1.82, 2.24) is 19.1 Å². The Bertz CT molecular complexity index is 2920. The standard InChI is InChI=1S/C48H31N5/c1-4-13-32(14-5-1)40-31-41(50-48(49-40)35-15-6-2-7-16-35)33-23-25-37(26-24-33)53-42-21-11-10-20-38(42)39-27-28-44-47(46(39)53)51-30-29-34-17-12-22-43(45(34)51)52(44)36-18-8-3-9-19-36/h1-31H. The fraction of sp³-hybridized carbons (Fsp3) is 0. The maximum atomic E-state index is 5.10. The van der Waals surface area contributed by atoms with E-state index in [1.807, 2.05) is 24.3 Å². The van der Waals surface area contributed by atoms with Crippen molar-refractivity contribution in [3.05, 3.63) is 188 Å². The van der Waals surface area contributed by atoms with Crippen LogP contribution in [0.3, 0.4) is 0 Å². The van der Waals surface area contributed by atoms with Gasteiger partial charge in [0.2, 0.25) is 0 Å². The molecule has 0 fully saturated rings. The number of hydrogen-bond donors (Lipinski definition) is 0. The zero-order chi connectivity index (χ0) is 34.9. The van der Waals surface area contributed by atoms with Gasteiger partial charge in [-0.25, -0.2) is 9.97 Å². The summed E-state index contributed by atoms with van der Waals surface area (Å²) in [5.41, 5.74) is 14.1. The molecular formula is C48H31N5. The molecule has 248 valence electrons. The molecule has 1 aliphatic heterocycles. The molecule has 0 saturated carbocycles. The van der Waals surface area contributed by atoms with Crippen LogP contribution in [0.15, 0.2) is 188 Å². The summed E-state index contributed by atoms with van der Waals surface area (Å²) in [4.78, 5) is 12.5. The van der Waals surface area contributed by atoms with Gasteiger partial charge in [0, 0.05) is 50.4 Å². The Hall–Kier alpha value is -7.24. The molecule has 5 heteroatoms. The summed E-state index contributed by atoms with van der Waals surface area (Å²) < 4.78 is 4.82. The summed E-state index contributed by atoms with van der Waals surface area (Å²) in [6, 6.07) is 64.3. The molecule has 0 spiro atoms. The summed E-state index contributed by atoms with van der Waals surface area (Å²) in [6.07, 6.45) is 2.23. The highest BCUT2D eigenvalue weighted by Crippen LogP contribution is 2.50. The SMILES string of the molecule is c1ccc(-c2cc(-c3ccc(-n4c5ccccc5c5ccc6c(c54)-n4ccc5cccc(c54)N6c4ccccc4)cc3)nc(-c3ccccc3)n2)cc1.